The van der Waals surface area contributed by atoms with Crippen LogP contribution in [0.2, 0.25) is 0 Å². The zero-order valence-electron chi connectivity index (χ0n) is 20.7. The van der Waals surface area contributed by atoms with Crippen molar-refractivity contribution in [1.82, 2.24) is 19.1 Å². The molecule has 1 unspecified atom stereocenters. The predicted octanol–water partition coefficient (Wildman–Crippen LogP) is 1.93. The van der Waals surface area contributed by atoms with Crippen molar-refractivity contribution in [2.45, 2.75) is 12.8 Å². The first-order valence-corrected chi connectivity index (χ1v) is 14.0. The number of benzene rings is 1. The molecule has 194 valence electrons. The summed E-state index contributed by atoms with van der Waals surface area (Å²) in [6, 6.07) is 6.39. The average Bonchev–Trinajstić information content (AvgIpc) is 3.74. The fraction of sp³-hybridized carbons (Fsp3) is 0.462. The summed E-state index contributed by atoms with van der Waals surface area (Å²) in [5.41, 5.74) is 1.76. The van der Waals surface area contributed by atoms with Gasteiger partial charge in [-0.05, 0) is 37.0 Å². The fourth-order valence-electron chi connectivity index (χ4n) is 4.93. The summed E-state index contributed by atoms with van der Waals surface area (Å²) in [6.07, 6.45) is 6.98. The van der Waals surface area contributed by atoms with E-state index in [2.05, 4.69) is 4.98 Å². The first-order chi connectivity index (χ1) is 17.9. The van der Waals surface area contributed by atoms with Crippen molar-refractivity contribution in [1.29, 1.82) is 5.26 Å². The minimum absolute atomic E-state index is 0.190. The molecule has 2 aliphatic heterocycles. The number of hydrogen-bond donors (Lipinski definition) is 0. The quantitative estimate of drug-likeness (QED) is 0.438. The molecule has 3 aliphatic rings. The van der Waals surface area contributed by atoms with Crippen molar-refractivity contribution in [2.24, 2.45) is 5.92 Å². The Kier molecular flexibility index (Phi) is 7.22. The number of anilines is 1. The summed E-state index contributed by atoms with van der Waals surface area (Å²) in [4.78, 5) is 36.4. The molecule has 1 aromatic carbocycles. The number of carbonyl (C=O) groups excluding carboxylic acids is 2. The van der Waals surface area contributed by atoms with Crippen LogP contribution in [-0.4, -0.2) is 93.7 Å². The van der Waals surface area contributed by atoms with Crippen LogP contribution in [0.4, 0.5) is 10.1 Å². The molecule has 0 spiro atoms. The predicted molar refractivity (Wildman–Crippen MR) is 138 cm³/mol. The second-order valence-electron chi connectivity index (χ2n) is 9.64. The lowest BCUT2D eigenvalue weighted by molar-refractivity contribution is -0.127. The van der Waals surface area contributed by atoms with Gasteiger partial charge >= 0.3 is 0 Å². The maximum atomic E-state index is 14.3. The third-order valence-electron chi connectivity index (χ3n) is 7.18. The highest BCUT2D eigenvalue weighted by atomic mass is 32.2. The van der Waals surface area contributed by atoms with Gasteiger partial charge in [-0.1, -0.05) is 6.08 Å². The Morgan fingerprint density at radius 2 is 1.76 bits per heavy atom. The Labute approximate surface area is 217 Å². The summed E-state index contributed by atoms with van der Waals surface area (Å²) >= 11 is 0. The van der Waals surface area contributed by atoms with Gasteiger partial charge in [0.05, 0.1) is 27.8 Å². The Balaban J connectivity index is 1.40. The van der Waals surface area contributed by atoms with Crippen LogP contribution < -0.4 is 4.90 Å². The van der Waals surface area contributed by atoms with Crippen molar-refractivity contribution in [3.8, 4) is 6.07 Å². The van der Waals surface area contributed by atoms with E-state index in [0.717, 1.165) is 12.8 Å². The number of piperazine rings is 2. The number of fused-ring (bicyclic) bond motifs is 1. The van der Waals surface area contributed by atoms with E-state index in [1.165, 1.54) is 12.1 Å². The van der Waals surface area contributed by atoms with Gasteiger partial charge in [0.25, 0.3) is 11.8 Å². The van der Waals surface area contributed by atoms with Gasteiger partial charge < -0.3 is 14.7 Å². The van der Waals surface area contributed by atoms with E-state index in [0.29, 0.717) is 80.4 Å². The van der Waals surface area contributed by atoms with Gasteiger partial charge in [0.15, 0.2) is 0 Å². The van der Waals surface area contributed by atoms with E-state index in [4.69, 9.17) is 0 Å². The second-order valence-corrected chi connectivity index (χ2v) is 11.0. The van der Waals surface area contributed by atoms with Crippen LogP contribution in [0.5, 0.6) is 0 Å². The zero-order chi connectivity index (χ0) is 26.1. The van der Waals surface area contributed by atoms with Gasteiger partial charge in [-0.2, -0.15) is 5.26 Å². The topological polar surface area (TPSA) is 101 Å². The number of pyridine rings is 1. The second kappa shape index (κ2) is 10.6. The molecule has 1 aliphatic carbocycles. The van der Waals surface area contributed by atoms with Crippen molar-refractivity contribution in [3.05, 3.63) is 47.4 Å². The van der Waals surface area contributed by atoms with E-state index in [1.807, 2.05) is 15.3 Å². The van der Waals surface area contributed by atoms with Crippen LogP contribution in [0.1, 0.15) is 23.2 Å². The number of nitrogens with zero attached hydrogens (tertiary/aromatic N) is 6. The maximum absolute atomic E-state index is 14.3. The van der Waals surface area contributed by atoms with Gasteiger partial charge in [0, 0.05) is 70.2 Å². The van der Waals surface area contributed by atoms with Crippen LogP contribution in [0.15, 0.2) is 36.0 Å². The van der Waals surface area contributed by atoms with Crippen molar-refractivity contribution in [2.75, 3.05) is 63.5 Å². The molecule has 1 saturated carbocycles. The SMILES string of the molecule is CS(=O)N1CCN(C(=O)c2cnc3ccc(F)cc3c2N2CCN(C(=O)/C(C#N)=C/C3CC3)CC2)CC1. The van der Waals surface area contributed by atoms with Gasteiger partial charge in [0.1, 0.15) is 17.5 Å². The van der Waals surface area contributed by atoms with Crippen LogP contribution in [0.25, 0.3) is 10.9 Å². The molecule has 9 nitrogen and oxygen atoms in total. The van der Waals surface area contributed by atoms with E-state index < -0.39 is 16.8 Å². The summed E-state index contributed by atoms with van der Waals surface area (Å²) < 4.78 is 28.0. The van der Waals surface area contributed by atoms with Crippen LogP contribution in [0.3, 0.4) is 0 Å². The first kappa shape index (κ1) is 25.3. The Morgan fingerprint density at radius 3 is 2.38 bits per heavy atom. The number of nitriles is 1. The number of amides is 2. The van der Waals surface area contributed by atoms with E-state index in [9.17, 15) is 23.5 Å². The average molecular weight is 525 g/mol. The van der Waals surface area contributed by atoms with E-state index in [1.54, 1.807) is 34.4 Å². The van der Waals surface area contributed by atoms with Gasteiger partial charge in [-0.15, -0.1) is 0 Å². The van der Waals surface area contributed by atoms with Crippen molar-refractivity contribution < 1.29 is 18.2 Å². The van der Waals surface area contributed by atoms with Crippen molar-refractivity contribution >= 4 is 39.4 Å². The summed E-state index contributed by atoms with van der Waals surface area (Å²) in [7, 11) is -1.09. The summed E-state index contributed by atoms with van der Waals surface area (Å²) in [5.74, 6) is -0.558. The molecule has 3 fully saturated rings. The molecule has 5 rings (SSSR count). The molecule has 11 heteroatoms. The normalized spacial score (nSPS) is 20.1. The number of aromatic nitrogens is 1. The highest BCUT2D eigenvalue weighted by Crippen LogP contribution is 2.33. The maximum Gasteiger partial charge on any atom is 0.264 e. The van der Waals surface area contributed by atoms with Gasteiger partial charge in [-0.3, -0.25) is 14.6 Å². The molecule has 0 bridgehead atoms. The zero-order valence-corrected chi connectivity index (χ0v) is 21.5. The monoisotopic (exact) mass is 524 g/mol. The molecule has 2 aromatic rings. The number of halogens is 1. The molecule has 0 radical (unpaired) electrons. The lowest BCUT2D eigenvalue weighted by Crippen LogP contribution is -2.51. The van der Waals surface area contributed by atoms with Crippen LogP contribution in [-0.2, 0) is 15.8 Å². The third kappa shape index (κ3) is 5.36. The number of rotatable bonds is 5. The standard InChI is InChI=1S/C26H29FN6O3S/c1-37(36)33-12-10-32(11-13-33)26(35)22-17-29-23-5-4-20(27)15-21(23)24(22)30-6-8-31(9-7-30)25(34)19(16-28)14-18-2-3-18/h4-5,14-15,17-18H,2-3,6-13H2,1H3/b19-14+. The molecule has 1 atom stereocenters. The Bertz CT molecular complexity index is 1320. The smallest absolute Gasteiger partial charge is 0.264 e. The first-order valence-electron chi connectivity index (χ1n) is 12.5. The lowest BCUT2D eigenvalue weighted by atomic mass is 10.0. The van der Waals surface area contributed by atoms with E-state index >= 15 is 0 Å². The number of hydrogen-bond acceptors (Lipinski definition) is 6. The summed E-state index contributed by atoms with van der Waals surface area (Å²) in [5, 5.41) is 10.0. The molecule has 1 aromatic heterocycles. The molecule has 0 N–H and O–H groups in total. The minimum Gasteiger partial charge on any atom is -0.367 e. The Morgan fingerprint density at radius 1 is 1.08 bits per heavy atom. The third-order valence-corrected chi connectivity index (χ3v) is 8.27. The van der Waals surface area contributed by atoms with Gasteiger partial charge in [-0.25, -0.2) is 12.9 Å². The molecule has 2 amide bonds. The molecular weight excluding hydrogens is 495 g/mol. The number of carbonyl (C=O) groups is 2. The largest absolute Gasteiger partial charge is 0.367 e. The van der Waals surface area contributed by atoms with Crippen molar-refractivity contribution in [3.63, 3.8) is 0 Å². The van der Waals surface area contributed by atoms with Crippen LogP contribution in [0, 0.1) is 23.1 Å². The fourth-order valence-corrected chi connectivity index (χ4v) is 5.60. The lowest BCUT2D eigenvalue weighted by Gasteiger charge is -2.38. The molecule has 37 heavy (non-hydrogen) atoms. The highest BCUT2D eigenvalue weighted by Gasteiger charge is 2.31. The number of allylic oxidation sites excluding steroid dienone is 1. The van der Waals surface area contributed by atoms with E-state index in [-0.39, 0.29) is 17.4 Å². The summed E-state index contributed by atoms with van der Waals surface area (Å²) in [6.45, 7) is 3.54. The molecule has 3 heterocycles. The minimum atomic E-state index is -1.09. The molecular formula is C26H29FN6O3S. The highest BCUT2D eigenvalue weighted by molar-refractivity contribution is 7.81. The Hall–Kier alpha value is -3.36. The van der Waals surface area contributed by atoms with Crippen LogP contribution >= 0.6 is 0 Å². The molecule has 2 saturated heterocycles. The van der Waals surface area contributed by atoms with Gasteiger partial charge in [0.2, 0.25) is 0 Å².